The minimum atomic E-state index is -1.00. The van der Waals surface area contributed by atoms with E-state index >= 15 is 0 Å². The van der Waals surface area contributed by atoms with E-state index in [1.165, 1.54) is 17.4 Å². The third-order valence-electron chi connectivity index (χ3n) is 2.66. The molecule has 104 valence electrons. The number of hydrogen-bond acceptors (Lipinski definition) is 4. The lowest BCUT2D eigenvalue weighted by Gasteiger charge is -2.11. The fraction of sp³-hybridized carbons (Fsp3) is 0.143. The van der Waals surface area contributed by atoms with Gasteiger partial charge in [-0.3, -0.25) is 4.79 Å². The van der Waals surface area contributed by atoms with Crippen molar-refractivity contribution in [3.63, 3.8) is 0 Å². The Morgan fingerprint density at radius 3 is 2.85 bits per heavy atom. The number of carboxylic acid groups (broad SMARTS) is 1. The van der Waals surface area contributed by atoms with Crippen LogP contribution in [0, 0.1) is 0 Å². The zero-order valence-electron chi connectivity index (χ0n) is 10.7. The predicted octanol–water partition coefficient (Wildman–Crippen LogP) is 3.40. The molecule has 1 amide bonds. The Bertz CT molecular complexity index is 629. The van der Waals surface area contributed by atoms with Crippen LogP contribution in [0.4, 0.5) is 0 Å². The molecule has 2 rings (SSSR count). The van der Waals surface area contributed by atoms with Gasteiger partial charge in [0, 0.05) is 16.3 Å². The van der Waals surface area contributed by atoms with Crippen molar-refractivity contribution in [2.75, 3.05) is 0 Å². The molecule has 20 heavy (non-hydrogen) atoms. The molecule has 1 atom stereocenters. The summed E-state index contributed by atoms with van der Waals surface area (Å²) < 4.78 is 0. The molecule has 0 bridgehead atoms. The maximum Gasteiger partial charge on any atom is 0.328 e. The second-order valence-corrected chi connectivity index (χ2v) is 5.88. The summed E-state index contributed by atoms with van der Waals surface area (Å²) in [6, 6.07) is 3.61. The van der Waals surface area contributed by atoms with E-state index in [1.807, 2.05) is 23.8 Å². The van der Waals surface area contributed by atoms with Crippen molar-refractivity contribution in [1.82, 2.24) is 5.32 Å². The molecular weight excluding hydrogens is 294 g/mol. The van der Waals surface area contributed by atoms with E-state index in [9.17, 15) is 9.59 Å². The number of hydrogen-bond donors (Lipinski definition) is 2. The Balaban J connectivity index is 2.01. The van der Waals surface area contributed by atoms with Gasteiger partial charge in [-0.2, -0.15) is 11.3 Å². The number of aliphatic carboxylic acids is 1. The minimum absolute atomic E-state index is 0.0494. The van der Waals surface area contributed by atoms with E-state index in [0.29, 0.717) is 5.56 Å². The van der Waals surface area contributed by atoms with Crippen LogP contribution >= 0.6 is 22.7 Å². The molecule has 2 N–H and O–H groups in total. The third-order valence-corrected chi connectivity index (χ3v) is 4.26. The van der Waals surface area contributed by atoms with Gasteiger partial charge >= 0.3 is 5.97 Å². The van der Waals surface area contributed by atoms with E-state index < -0.39 is 5.97 Å². The third kappa shape index (κ3) is 3.79. The summed E-state index contributed by atoms with van der Waals surface area (Å²) in [6.07, 6.45) is 2.54. The van der Waals surface area contributed by atoms with Crippen LogP contribution in [0.3, 0.4) is 0 Å². The molecule has 0 saturated carbocycles. The topological polar surface area (TPSA) is 66.4 Å². The van der Waals surface area contributed by atoms with Crippen molar-refractivity contribution in [2.45, 2.75) is 13.0 Å². The maximum atomic E-state index is 12.1. The number of carbonyl (C=O) groups excluding carboxylic acids is 1. The molecule has 0 fully saturated rings. The van der Waals surface area contributed by atoms with Gasteiger partial charge < -0.3 is 10.4 Å². The lowest BCUT2D eigenvalue weighted by Crippen LogP contribution is -2.25. The second kappa shape index (κ2) is 6.49. The van der Waals surface area contributed by atoms with Crippen LogP contribution in [0.5, 0.6) is 0 Å². The SMILES string of the molecule is CC(NC(=O)c1csc(C=CC(=O)O)c1)c1ccsc1. The van der Waals surface area contributed by atoms with Gasteiger partial charge in [-0.25, -0.2) is 4.79 Å². The smallest absolute Gasteiger partial charge is 0.328 e. The molecule has 0 radical (unpaired) electrons. The monoisotopic (exact) mass is 307 g/mol. The molecule has 0 aliphatic heterocycles. The first-order valence-corrected chi connectivity index (χ1v) is 7.71. The number of nitrogens with one attached hydrogen (secondary N) is 1. The molecule has 4 nitrogen and oxygen atoms in total. The maximum absolute atomic E-state index is 12.1. The standard InChI is InChI=1S/C14H13NO3S2/c1-9(10-4-5-19-7-10)15-14(18)11-6-12(20-8-11)2-3-13(16)17/h2-9H,1H3,(H,15,18)(H,16,17). The van der Waals surface area contributed by atoms with Gasteiger partial charge in [0.15, 0.2) is 0 Å². The molecule has 6 heteroatoms. The normalized spacial score (nSPS) is 12.4. The first kappa shape index (κ1) is 14.5. The van der Waals surface area contributed by atoms with Gasteiger partial charge in [0.2, 0.25) is 0 Å². The molecule has 0 aromatic carbocycles. The summed E-state index contributed by atoms with van der Waals surface area (Å²) in [5.74, 6) is -1.16. The van der Waals surface area contributed by atoms with E-state index in [4.69, 9.17) is 5.11 Å². The molecular formula is C14H13NO3S2. The van der Waals surface area contributed by atoms with Crippen molar-refractivity contribution < 1.29 is 14.7 Å². The number of thiophene rings is 2. The lowest BCUT2D eigenvalue weighted by atomic mass is 10.1. The highest BCUT2D eigenvalue weighted by molar-refractivity contribution is 7.11. The van der Waals surface area contributed by atoms with Gasteiger partial charge in [0.05, 0.1) is 11.6 Å². The Morgan fingerprint density at radius 2 is 2.20 bits per heavy atom. The molecule has 0 aliphatic rings. The van der Waals surface area contributed by atoms with E-state index in [0.717, 1.165) is 16.5 Å². The highest BCUT2D eigenvalue weighted by atomic mass is 32.1. The van der Waals surface area contributed by atoms with Crippen molar-refractivity contribution in [2.24, 2.45) is 0 Å². The molecule has 1 unspecified atom stereocenters. The van der Waals surface area contributed by atoms with Crippen molar-refractivity contribution >= 4 is 40.6 Å². The summed E-state index contributed by atoms with van der Waals surface area (Å²) in [7, 11) is 0. The molecule has 0 saturated heterocycles. The van der Waals surface area contributed by atoms with E-state index in [1.54, 1.807) is 22.8 Å². The molecule has 2 aromatic heterocycles. The average Bonchev–Trinajstić information content (AvgIpc) is 3.07. The zero-order valence-corrected chi connectivity index (χ0v) is 12.3. The van der Waals surface area contributed by atoms with Crippen LogP contribution in [-0.2, 0) is 4.79 Å². The van der Waals surface area contributed by atoms with E-state index in [-0.39, 0.29) is 11.9 Å². The first-order chi connectivity index (χ1) is 9.56. The Labute approximate surface area is 124 Å². The van der Waals surface area contributed by atoms with Gasteiger partial charge in [-0.1, -0.05) is 0 Å². The summed E-state index contributed by atoms with van der Waals surface area (Å²) in [5.41, 5.74) is 1.62. The zero-order chi connectivity index (χ0) is 14.5. The van der Waals surface area contributed by atoms with E-state index in [2.05, 4.69) is 5.32 Å². The summed E-state index contributed by atoms with van der Waals surface area (Å²) in [6.45, 7) is 1.93. The highest BCUT2D eigenvalue weighted by Crippen LogP contribution is 2.19. The molecule has 2 aromatic rings. The minimum Gasteiger partial charge on any atom is -0.478 e. The van der Waals surface area contributed by atoms with Gasteiger partial charge in [0.25, 0.3) is 5.91 Å². The number of carbonyl (C=O) groups is 2. The van der Waals surface area contributed by atoms with Crippen LogP contribution in [0.2, 0.25) is 0 Å². The molecule has 2 heterocycles. The van der Waals surface area contributed by atoms with Crippen molar-refractivity contribution in [3.8, 4) is 0 Å². The van der Waals surface area contributed by atoms with Gasteiger partial charge in [-0.05, 0) is 41.5 Å². The van der Waals surface area contributed by atoms with Crippen LogP contribution in [0.1, 0.15) is 33.8 Å². The second-order valence-electron chi connectivity index (χ2n) is 4.16. The quantitative estimate of drug-likeness (QED) is 0.832. The molecule has 0 spiro atoms. The summed E-state index contributed by atoms with van der Waals surface area (Å²) >= 11 is 2.93. The number of amides is 1. The summed E-state index contributed by atoms with van der Waals surface area (Å²) in [5, 5.41) is 17.2. The fourth-order valence-electron chi connectivity index (χ4n) is 1.60. The number of rotatable bonds is 5. The Hall–Kier alpha value is -1.92. The predicted molar refractivity (Wildman–Crippen MR) is 81.2 cm³/mol. The lowest BCUT2D eigenvalue weighted by molar-refractivity contribution is -0.131. The van der Waals surface area contributed by atoms with Crippen LogP contribution in [0.25, 0.3) is 6.08 Å². The summed E-state index contributed by atoms with van der Waals surface area (Å²) in [4.78, 5) is 23.2. The highest BCUT2D eigenvalue weighted by Gasteiger charge is 2.12. The van der Waals surface area contributed by atoms with Crippen LogP contribution in [-0.4, -0.2) is 17.0 Å². The van der Waals surface area contributed by atoms with Crippen molar-refractivity contribution in [3.05, 3.63) is 50.4 Å². The first-order valence-electron chi connectivity index (χ1n) is 5.89. The van der Waals surface area contributed by atoms with Gasteiger partial charge in [-0.15, -0.1) is 11.3 Å². The van der Waals surface area contributed by atoms with Crippen LogP contribution in [0.15, 0.2) is 34.3 Å². The Morgan fingerprint density at radius 1 is 1.40 bits per heavy atom. The van der Waals surface area contributed by atoms with Gasteiger partial charge in [0.1, 0.15) is 0 Å². The largest absolute Gasteiger partial charge is 0.478 e. The average molecular weight is 307 g/mol. The van der Waals surface area contributed by atoms with Crippen molar-refractivity contribution in [1.29, 1.82) is 0 Å². The Kier molecular flexibility index (Phi) is 4.70. The molecule has 0 aliphatic carbocycles. The number of carboxylic acids is 1. The van der Waals surface area contributed by atoms with Crippen LogP contribution < -0.4 is 5.32 Å². The fourth-order valence-corrected chi connectivity index (χ4v) is 3.13.